The standard InChI is InChI=1S/C21H26FN3O3S/c1-2-23-12-14-24(15-13-23)21(26)17-25(16-18-8-10-19(22)11-9-18)29(27,28)20-6-4-3-5-7-20/h3-11H,2,12-17H2,1H3/p+1. The Labute approximate surface area is 171 Å². The molecule has 2 aromatic carbocycles. The number of rotatable bonds is 7. The summed E-state index contributed by atoms with van der Waals surface area (Å²) in [6, 6.07) is 13.7. The van der Waals surface area contributed by atoms with E-state index in [2.05, 4.69) is 6.92 Å². The number of benzene rings is 2. The van der Waals surface area contributed by atoms with Crippen LogP contribution >= 0.6 is 0 Å². The van der Waals surface area contributed by atoms with Crippen LogP contribution in [0.1, 0.15) is 12.5 Å². The molecule has 1 heterocycles. The first-order valence-corrected chi connectivity index (χ1v) is 11.2. The van der Waals surface area contributed by atoms with Crippen molar-refractivity contribution in [1.82, 2.24) is 9.21 Å². The molecule has 1 aliphatic heterocycles. The molecule has 8 heteroatoms. The minimum Gasteiger partial charge on any atom is -0.332 e. The molecule has 29 heavy (non-hydrogen) atoms. The Kier molecular flexibility index (Phi) is 7.00. The second-order valence-corrected chi connectivity index (χ2v) is 9.13. The van der Waals surface area contributed by atoms with E-state index in [4.69, 9.17) is 0 Å². The summed E-state index contributed by atoms with van der Waals surface area (Å²) in [5, 5.41) is 0. The number of nitrogens with one attached hydrogen (secondary N) is 1. The lowest BCUT2D eigenvalue weighted by atomic mass is 10.2. The number of carbonyl (C=O) groups is 1. The molecule has 0 bridgehead atoms. The van der Waals surface area contributed by atoms with Gasteiger partial charge in [-0.15, -0.1) is 0 Å². The summed E-state index contributed by atoms with van der Waals surface area (Å²) in [5.74, 6) is -0.597. The van der Waals surface area contributed by atoms with Crippen molar-refractivity contribution >= 4 is 15.9 Å². The number of piperazine rings is 1. The summed E-state index contributed by atoms with van der Waals surface area (Å²) in [7, 11) is -3.87. The molecule has 2 aromatic rings. The fourth-order valence-corrected chi connectivity index (χ4v) is 4.84. The van der Waals surface area contributed by atoms with Crippen molar-refractivity contribution in [3.8, 4) is 0 Å². The molecule has 156 valence electrons. The maximum Gasteiger partial charge on any atom is 0.243 e. The third-order valence-corrected chi connectivity index (χ3v) is 7.09. The van der Waals surface area contributed by atoms with Crippen LogP contribution in [0.3, 0.4) is 0 Å². The number of hydrogen-bond donors (Lipinski definition) is 1. The number of quaternary nitrogens is 1. The normalized spacial score (nSPS) is 15.6. The average Bonchev–Trinajstić information content (AvgIpc) is 2.75. The molecule has 3 rings (SSSR count). The summed E-state index contributed by atoms with van der Waals surface area (Å²) in [6.45, 7) is 5.87. The van der Waals surface area contributed by atoms with E-state index in [1.807, 2.05) is 0 Å². The van der Waals surface area contributed by atoms with E-state index in [1.165, 1.54) is 45.6 Å². The van der Waals surface area contributed by atoms with Gasteiger partial charge in [0.05, 0.1) is 44.2 Å². The molecule has 0 aliphatic carbocycles. The zero-order chi connectivity index (χ0) is 20.9. The highest BCUT2D eigenvalue weighted by molar-refractivity contribution is 7.89. The van der Waals surface area contributed by atoms with Gasteiger partial charge >= 0.3 is 0 Å². The first-order chi connectivity index (χ1) is 13.9. The van der Waals surface area contributed by atoms with Crippen molar-refractivity contribution in [1.29, 1.82) is 0 Å². The Hall–Kier alpha value is -2.29. The van der Waals surface area contributed by atoms with Crippen LogP contribution in [0.2, 0.25) is 0 Å². The molecule has 0 aromatic heterocycles. The van der Waals surface area contributed by atoms with Crippen LogP contribution in [0.5, 0.6) is 0 Å². The molecular weight excluding hydrogens is 393 g/mol. The van der Waals surface area contributed by atoms with E-state index in [0.29, 0.717) is 18.7 Å². The molecule has 1 fully saturated rings. The van der Waals surface area contributed by atoms with Gasteiger partial charge in [-0.05, 0) is 36.8 Å². The van der Waals surface area contributed by atoms with Crippen LogP contribution in [0.25, 0.3) is 0 Å². The van der Waals surface area contributed by atoms with Gasteiger partial charge in [-0.25, -0.2) is 12.8 Å². The maximum atomic E-state index is 13.2. The van der Waals surface area contributed by atoms with Crippen LogP contribution in [-0.2, 0) is 21.4 Å². The Balaban J connectivity index is 1.81. The van der Waals surface area contributed by atoms with Crippen molar-refractivity contribution in [2.45, 2.75) is 18.4 Å². The summed E-state index contributed by atoms with van der Waals surface area (Å²) in [4.78, 5) is 16.2. The zero-order valence-corrected chi connectivity index (χ0v) is 17.4. The summed E-state index contributed by atoms with van der Waals surface area (Å²) in [5.41, 5.74) is 0.624. The molecule has 1 saturated heterocycles. The summed E-state index contributed by atoms with van der Waals surface area (Å²) >= 11 is 0. The van der Waals surface area contributed by atoms with Crippen LogP contribution in [-0.4, -0.2) is 62.8 Å². The number of carbonyl (C=O) groups excluding carboxylic acids is 1. The van der Waals surface area contributed by atoms with Crippen molar-refractivity contribution < 1.29 is 22.5 Å². The Bertz CT molecular complexity index is 912. The number of sulfonamides is 1. The Morgan fingerprint density at radius 2 is 1.69 bits per heavy atom. The van der Waals surface area contributed by atoms with Crippen LogP contribution < -0.4 is 4.90 Å². The molecule has 1 N–H and O–H groups in total. The fourth-order valence-electron chi connectivity index (χ4n) is 3.44. The van der Waals surface area contributed by atoms with Gasteiger partial charge in [0.2, 0.25) is 15.9 Å². The highest BCUT2D eigenvalue weighted by atomic mass is 32.2. The predicted octanol–water partition coefficient (Wildman–Crippen LogP) is 0.764. The largest absolute Gasteiger partial charge is 0.332 e. The number of amides is 1. The van der Waals surface area contributed by atoms with E-state index < -0.39 is 15.8 Å². The van der Waals surface area contributed by atoms with Crippen LogP contribution in [0.4, 0.5) is 4.39 Å². The molecule has 1 amide bonds. The van der Waals surface area contributed by atoms with E-state index in [0.717, 1.165) is 19.6 Å². The first-order valence-electron chi connectivity index (χ1n) is 9.81. The van der Waals surface area contributed by atoms with E-state index in [9.17, 15) is 17.6 Å². The van der Waals surface area contributed by atoms with Gasteiger partial charge in [0.15, 0.2) is 0 Å². The van der Waals surface area contributed by atoms with Gasteiger partial charge in [-0.2, -0.15) is 4.31 Å². The van der Waals surface area contributed by atoms with Crippen molar-refractivity contribution in [2.24, 2.45) is 0 Å². The molecule has 0 saturated carbocycles. The monoisotopic (exact) mass is 420 g/mol. The maximum absolute atomic E-state index is 13.2. The molecule has 0 atom stereocenters. The van der Waals surface area contributed by atoms with Crippen molar-refractivity contribution in [2.75, 3.05) is 39.3 Å². The third-order valence-electron chi connectivity index (χ3n) is 5.29. The minimum atomic E-state index is -3.87. The summed E-state index contributed by atoms with van der Waals surface area (Å²) < 4.78 is 40.8. The SMILES string of the molecule is CC[NH+]1CCN(C(=O)CN(Cc2ccc(F)cc2)S(=O)(=O)c2ccccc2)CC1. The number of likely N-dealkylation sites (N-methyl/N-ethyl adjacent to an activating group) is 1. The highest BCUT2D eigenvalue weighted by Crippen LogP contribution is 2.19. The molecule has 0 radical (unpaired) electrons. The highest BCUT2D eigenvalue weighted by Gasteiger charge is 2.30. The zero-order valence-electron chi connectivity index (χ0n) is 16.6. The lowest BCUT2D eigenvalue weighted by Crippen LogP contribution is -3.14. The number of hydrogen-bond acceptors (Lipinski definition) is 3. The molecule has 0 spiro atoms. The predicted molar refractivity (Wildman–Crippen MR) is 108 cm³/mol. The number of halogens is 1. The van der Waals surface area contributed by atoms with Crippen LogP contribution in [0.15, 0.2) is 59.5 Å². The Morgan fingerprint density at radius 1 is 1.07 bits per heavy atom. The third kappa shape index (κ3) is 5.41. The molecule has 0 unspecified atom stereocenters. The molecule has 6 nitrogen and oxygen atoms in total. The van der Waals surface area contributed by atoms with Crippen molar-refractivity contribution in [3.63, 3.8) is 0 Å². The lowest BCUT2D eigenvalue weighted by Gasteiger charge is -2.33. The average molecular weight is 421 g/mol. The lowest BCUT2D eigenvalue weighted by molar-refractivity contribution is -0.902. The van der Waals surface area contributed by atoms with E-state index >= 15 is 0 Å². The fraction of sp³-hybridized carbons (Fsp3) is 0.381. The quantitative estimate of drug-likeness (QED) is 0.720. The smallest absolute Gasteiger partial charge is 0.243 e. The summed E-state index contributed by atoms with van der Waals surface area (Å²) in [6.07, 6.45) is 0. The topological polar surface area (TPSA) is 62.1 Å². The Morgan fingerprint density at radius 3 is 2.28 bits per heavy atom. The first kappa shape index (κ1) is 21.4. The van der Waals surface area contributed by atoms with E-state index in [1.54, 1.807) is 23.1 Å². The van der Waals surface area contributed by atoms with Gasteiger partial charge in [0.1, 0.15) is 5.82 Å². The second kappa shape index (κ2) is 9.47. The molecular formula is C21H27FN3O3S+. The van der Waals surface area contributed by atoms with Crippen LogP contribution in [0, 0.1) is 5.82 Å². The molecule has 1 aliphatic rings. The van der Waals surface area contributed by atoms with E-state index in [-0.39, 0.29) is 23.9 Å². The van der Waals surface area contributed by atoms with Gasteiger partial charge in [-0.3, -0.25) is 4.79 Å². The van der Waals surface area contributed by atoms with Gasteiger partial charge in [0, 0.05) is 6.54 Å². The van der Waals surface area contributed by atoms with Gasteiger partial charge in [0.25, 0.3) is 0 Å². The minimum absolute atomic E-state index is 0.00340. The van der Waals surface area contributed by atoms with Gasteiger partial charge in [-0.1, -0.05) is 30.3 Å². The second-order valence-electron chi connectivity index (χ2n) is 7.20. The van der Waals surface area contributed by atoms with Gasteiger partial charge < -0.3 is 9.80 Å². The van der Waals surface area contributed by atoms with Crippen molar-refractivity contribution in [3.05, 3.63) is 66.0 Å². The number of nitrogens with zero attached hydrogens (tertiary/aromatic N) is 2.